The van der Waals surface area contributed by atoms with Crippen molar-refractivity contribution in [1.29, 1.82) is 0 Å². The second-order valence-corrected chi connectivity index (χ2v) is 18.4. The molecule has 6 heterocycles. The lowest BCUT2D eigenvalue weighted by molar-refractivity contribution is -0.120. The molecule has 0 unspecified atom stereocenters. The van der Waals surface area contributed by atoms with Gasteiger partial charge in [0.05, 0.1) is 11.7 Å². The van der Waals surface area contributed by atoms with E-state index in [1.54, 1.807) is 11.2 Å². The van der Waals surface area contributed by atoms with Gasteiger partial charge in [-0.2, -0.15) is 4.98 Å². The predicted octanol–water partition coefficient (Wildman–Crippen LogP) is 6.87. The van der Waals surface area contributed by atoms with E-state index < -0.39 is 0 Å². The van der Waals surface area contributed by atoms with Crippen LogP contribution in [-0.4, -0.2) is 100 Å². The van der Waals surface area contributed by atoms with Crippen LogP contribution in [0.3, 0.4) is 0 Å². The number of piperazine rings is 1. The molecule has 3 fully saturated rings. The molecule has 0 radical (unpaired) electrons. The Morgan fingerprint density at radius 2 is 1.49 bits per heavy atom. The second kappa shape index (κ2) is 16.6. The lowest BCUT2D eigenvalue weighted by atomic mass is 9.95. The molecule has 0 saturated carbocycles. The number of anilines is 3. The van der Waals surface area contributed by atoms with Crippen LogP contribution in [0.4, 0.5) is 21.9 Å². The molecule has 0 bridgehead atoms. The first kappa shape index (κ1) is 40.5. The van der Waals surface area contributed by atoms with E-state index in [0.29, 0.717) is 24.8 Å². The Morgan fingerprint density at radius 1 is 0.794 bits per heavy atom. The predicted molar refractivity (Wildman–Crippen MR) is 242 cm³/mol. The maximum Gasteiger partial charge on any atom is 0.328 e. The number of amides is 4. The quantitative estimate of drug-likeness (QED) is 0.139. The minimum absolute atomic E-state index is 0.0554. The number of hydrogen-bond acceptors (Lipinski definition) is 11. The van der Waals surface area contributed by atoms with E-state index in [1.165, 1.54) is 29.8 Å². The van der Waals surface area contributed by atoms with Crippen LogP contribution in [0.5, 0.6) is 0 Å². The molecule has 15 heteroatoms. The van der Waals surface area contributed by atoms with Gasteiger partial charge in [0.15, 0.2) is 0 Å². The van der Waals surface area contributed by atoms with E-state index in [-0.39, 0.29) is 35.1 Å². The molecule has 3 saturated heterocycles. The number of carbonyl (C=O) groups is 3. The van der Waals surface area contributed by atoms with Crippen LogP contribution in [0, 0.1) is 5.92 Å². The van der Waals surface area contributed by atoms with Gasteiger partial charge in [-0.25, -0.2) is 14.8 Å². The molecule has 15 nitrogen and oxygen atoms in total. The Bertz CT molecular complexity index is 2650. The van der Waals surface area contributed by atoms with E-state index in [4.69, 9.17) is 9.51 Å². The zero-order valence-corrected chi connectivity index (χ0v) is 36.1. The summed E-state index contributed by atoms with van der Waals surface area (Å²) in [6.07, 6.45) is 5.91. The molecular weight excluding hydrogens is 795 g/mol. The zero-order valence-electron chi connectivity index (χ0n) is 36.1. The van der Waals surface area contributed by atoms with Crippen LogP contribution in [0.1, 0.15) is 80.1 Å². The second-order valence-electron chi connectivity index (χ2n) is 18.4. The molecule has 4 aliphatic rings. The topological polar surface area (TPSA) is 169 Å². The van der Waals surface area contributed by atoms with Gasteiger partial charge >= 0.3 is 6.03 Å². The first-order chi connectivity index (χ1) is 30.5. The summed E-state index contributed by atoms with van der Waals surface area (Å²) in [6.45, 7) is 13.6. The minimum Gasteiger partial charge on any atom is -0.372 e. The van der Waals surface area contributed by atoms with Gasteiger partial charge in [0.25, 0.3) is 11.7 Å². The van der Waals surface area contributed by atoms with Crippen LogP contribution >= 0.6 is 0 Å². The minimum atomic E-state index is -0.348. The van der Waals surface area contributed by atoms with E-state index in [9.17, 15) is 14.4 Å². The molecule has 10 rings (SSSR count). The zero-order chi connectivity index (χ0) is 43.2. The number of piperidine rings is 1. The Labute approximate surface area is 366 Å². The maximum atomic E-state index is 13.0. The van der Waals surface area contributed by atoms with Crippen molar-refractivity contribution in [1.82, 2.24) is 40.6 Å². The number of imide groups is 1. The third kappa shape index (κ3) is 8.36. The molecule has 3 N–H and O–H groups in total. The van der Waals surface area contributed by atoms with Crippen molar-refractivity contribution < 1.29 is 18.9 Å². The van der Waals surface area contributed by atoms with Gasteiger partial charge in [-0.1, -0.05) is 50.2 Å². The van der Waals surface area contributed by atoms with Gasteiger partial charge in [-0.3, -0.25) is 24.7 Å². The summed E-state index contributed by atoms with van der Waals surface area (Å²) in [5, 5.41) is 10.4. The Hall–Kier alpha value is -6.61. The van der Waals surface area contributed by atoms with Gasteiger partial charge in [-0.15, -0.1) is 0 Å². The average molecular weight is 848 g/mol. The lowest BCUT2D eigenvalue weighted by Crippen LogP contribution is -2.49. The molecule has 6 aromatic rings. The summed E-state index contributed by atoms with van der Waals surface area (Å²) in [5.41, 5.74) is 9.96. The summed E-state index contributed by atoms with van der Waals surface area (Å²) < 4.78 is 5.34. The number of hydrogen-bond donors (Lipinski definition) is 3. The highest BCUT2D eigenvalue weighted by molar-refractivity contribution is 6.05. The number of carbonyl (C=O) groups excluding carboxylic acids is 3. The standard InChI is InChI=1S/C48H53N11O4/c1-48(2,3)46-54-44(55-63-46)45(61)52-39-15-7-32-26-33(6-14-37(32)39)42-38-27-40(51-43(38)50-29-49-42)31-4-8-34(9-5-31)58-24-22-56(23-25-58)28-30-16-19-57(20-17-30)35-10-12-36(13-11-35)59-21-18-41(60)53-47(59)62/h4-6,8-14,26-27,29-30,39H,7,15-25,28H2,1-3H3,(H,52,61)(H,49,50,51)(H,53,60,62)/t39-/m1/s1. The fourth-order valence-electron chi connectivity index (χ4n) is 9.52. The number of benzene rings is 3. The van der Waals surface area contributed by atoms with E-state index >= 15 is 0 Å². The molecule has 3 aliphatic heterocycles. The summed E-state index contributed by atoms with van der Waals surface area (Å²) in [7, 11) is 0. The van der Waals surface area contributed by atoms with Crippen molar-refractivity contribution in [2.24, 2.45) is 5.92 Å². The van der Waals surface area contributed by atoms with Gasteiger partial charge < -0.3 is 24.6 Å². The monoisotopic (exact) mass is 847 g/mol. The highest BCUT2D eigenvalue weighted by atomic mass is 16.5. The highest BCUT2D eigenvalue weighted by Crippen LogP contribution is 2.37. The van der Waals surface area contributed by atoms with E-state index in [1.807, 2.05) is 32.9 Å². The summed E-state index contributed by atoms with van der Waals surface area (Å²) >= 11 is 0. The third-order valence-corrected chi connectivity index (χ3v) is 13.1. The number of H-pyrrole nitrogens is 1. The Morgan fingerprint density at radius 3 is 2.21 bits per heavy atom. The molecule has 1 aliphatic carbocycles. The Kier molecular flexibility index (Phi) is 10.7. The summed E-state index contributed by atoms with van der Waals surface area (Å²) in [5.74, 6) is 0.625. The number of fused-ring (bicyclic) bond motifs is 2. The van der Waals surface area contributed by atoms with E-state index in [2.05, 4.69) is 106 Å². The third-order valence-electron chi connectivity index (χ3n) is 13.1. The molecule has 63 heavy (non-hydrogen) atoms. The van der Waals surface area contributed by atoms with Gasteiger partial charge in [-0.05, 0) is 96.8 Å². The lowest BCUT2D eigenvalue weighted by Gasteiger charge is -2.40. The average Bonchev–Trinajstić information content (AvgIpc) is 4.07. The number of nitrogens with one attached hydrogen (secondary N) is 3. The SMILES string of the molecule is CC(C)(C)c1nc(C(=O)N[C@@H]2CCc3cc(-c4ncnc5[nH]c(-c6ccc(N7CCN(CC8CCN(c9ccc(N%10CCC(=O)NC%10=O)cc9)CC8)CC7)cc6)cc45)ccc32)no1. The summed E-state index contributed by atoms with van der Waals surface area (Å²) in [4.78, 5) is 63.2. The first-order valence-corrected chi connectivity index (χ1v) is 22.2. The number of nitrogens with zero attached hydrogens (tertiary/aromatic N) is 8. The van der Waals surface area contributed by atoms with Crippen LogP contribution in [0.2, 0.25) is 0 Å². The normalized spacial score (nSPS) is 18.8. The van der Waals surface area contributed by atoms with Crippen LogP contribution in [0.15, 0.2) is 83.6 Å². The van der Waals surface area contributed by atoms with Crippen LogP contribution < -0.4 is 25.3 Å². The number of aryl methyl sites for hydroxylation is 1. The van der Waals surface area contributed by atoms with Gasteiger partial charge in [0.2, 0.25) is 11.8 Å². The van der Waals surface area contributed by atoms with Crippen LogP contribution in [0.25, 0.3) is 33.5 Å². The van der Waals surface area contributed by atoms with Crippen molar-refractivity contribution in [3.8, 4) is 22.5 Å². The number of aromatic nitrogens is 5. The first-order valence-electron chi connectivity index (χ1n) is 22.2. The van der Waals surface area contributed by atoms with Crippen molar-refractivity contribution in [2.75, 3.05) is 67.1 Å². The van der Waals surface area contributed by atoms with E-state index in [0.717, 1.165) is 103 Å². The number of rotatable bonds is 9. The molecule has 3 aromatic heterocycles. The molecular formula is C48H53N11O4. The van der Waals surface area contributed by atoms with Crippen molar-refractivity contribution in [3.05, 3.63) is 102 Å². The number of aromatic amines is 1. The van der Waals surface area contributed by atoms with Gasteiger partial charge in [0, 0.05) is 97.9 Å². The Balaban J connectivity index is 0.719. The molecule has 0 spiro atoms. The molecule has 4 amide bonds. The fraction of sp³-hybridized carbons (Fsp3) is 0.396. The highest BCUT2D eigenvalue weighted by Gasteiger charge is 2.30. The van der Waals surface area contributed by atoms with Crippen molar-refractivity contribution >= 4 is 45.9 Å². The molecule has 1 atom stereocenters. The number of urea groups is 1. The molecule has 3 aromatic carbocycles. The maximum absolute atomic E-state index is 13.0. The molecule has 324 valence electrons. The summed E-state index contributed by atoms with van der Waals surface area (Å²) in [6, 6.07) is 25.0. The largest absolute Gasteiger partial charge is 0.372 e. The fourth-order valence-corrected chi connectivity index (χ4v) is 9.52. The smallest absolute Gasteiger partial charge is 0.328 e. The van der Waals surface area contributed by atoms with Gasteiger partial charge in [0.1, 0.15) is 12.0 Å². The van der Waals surface area contributed by atoms with Crippen LogP contribution in [-0.2, 0) is 16.6 Å². The van der Waals surface area contributed by atoms with Crippen molar-refractivity contribution in [2.45, 2.75) is 64.3 Å². The van der Waals surface area contributed by atoms with Crippen molar-refractivity contribution in [3.63, 3.8) is 0 Å².